The van der Waals surface area contributed by atoms with E-state index in [0.29, 0.717) is 27.9 Å². The highest BCUT2D eigenvalue weighted by molar-refractivity contribution is 6.34. The van der Waals surface area contributed by atoms with Gasteiger partial charge in [0.05, 0.1) is 36.8 Å². The van der Waals surface area contributed by atoms with Crippen LogP contribution in [0.2, 0.25) is 5.02 Å². The number of benzene rings is 1. The zero-order valence-corrected chi connectivity index (χ0v) is 12.3. The lowest BCUT2D eigenvalue weighted by atomic mass is 10.2. The first-order valence-corrected chi connectivity index (χ1v) is 6.37. The first-order valence-electron chi connectivity index (χ1n) is 5.99. The third-order valence-corrected chi connectivity index (χ3v) is 3.05. The van der Waals surface area contributed by atoms with Gasteiger partial charge in [-0.1, -0.05) is 11.6 Å². The highest BCUT2D eigenvalue weighted by Gasteiger charge is 2.14. The van der Waals surface area contributed by atoms with Crippen molar-refractivity contribution in [2.45, 2.75) is 0 Å². The van der Waals surface area contributed by atoms with Crippen molar-refractivity contribution in [3.63, 3.8) is 0 Å². The third-order valence-electron chi connectivity index (χ3n) is 2.74. The van der Waals surface area contributed by atoms with Crippen LogP contribution in [-0.2, 0) is 0 Å². The van der Waals surface area contributed by atoms with Gasteiger partial charge in [-0.05, 0) is 12.1 Å². The molecule has 1 aromatic heterocycles. The van der Waals surface area contributed by atoms with Gasteiger partial charge >= 0.3 is 0 Å². The minimum atomic E-state index is -0.399. The van der Waals surface area contributed by atoms with Crippen molar-refractivity contribution in [2.75, 3.05) is 25.3 Å². The molecule has 1 heterocycles. The van der Waals surface area contributed by atoms with Crippen LogP contribution in [0.15, 0.2) is 30.5 Å². The molecule has 0 saturated carbocycles. The number of nitrogens with one attached hydrogen (secondary N) is 1. The molecule has 6 nitrogen and oxygen atoms in total. The lowest BCUT2D eigenvalue weighted by Crippen LogP contribution is -2.14. The van der Waals surface area contributed by atoms with E-state index in [4.69, 9.17) is 26.8 Å². The van der Waals surface area contributed by atoms with E-state index < -0.39 is 5.91 Å². The zero-order valence-electron chi connectivity index (χ0n) is 11.5. The number of nitrogen functional groups attached to an aromatic ring is 1. The van der Waals surface area contributed by atoms with E-state index in [2.05, 4.69) is 10.3 Å². The van der Waals surface area contributed by atoms with Crippen molar-refractivity contribution >= 4 is 28.9 Å². The van der Waals surface area contributed by atoms with Crippen LogP contribution in [0.1, 0.15) is 10.5 Å². The van der Waals surface area contributed by atoms with Crippen LogP contribution in [0, 0.1) is 0 Å². The highest BCUT2D eigenvalue weighted by Crippen LogP contribution is 2.36. The molecule has 0 aliphatic carbocycles. The van der Waals surface area contributed by atoms with Gasteiger partial charge in [0.1, 0.15) is 5.69 Å². The Labute approximate surface area is 126 Å². The average molecular weight is 308 g/mol. The number of carbonyl (C=O) groups is 1. The first kappa shape index (κ1) is 14.9. The van der Waals surface area contributed by atoms with Gasteiger partial charge in [0, 0.05) is 12.1 Å². The van der Waals surface area contributed by atoms with Gasteiger partial charge in [0.2, 0.25) is 0 Å². The minimum Gasteiger partial charge on any atom is -0.493 e. The van der Waals surface area contributed by atoms with Gasteiger partial charge in [-0.25, -0.2) is 4.98 Å². The number of pyridine rings is 1. The number of carbonyl (C=O) groups excluding carboxylic acids is 1. The van der Waals surface area contributed by atoms with Crippen molar-refractivity contribution in [3.05, 3.63) is 41.2 Å². The van der Waals surface area contributed by atoms with Crippen LogP contribution < -0.4 is 20.5 Å². The van der Waals surface area contributed by atoms with E-state index in [0.717, 1.165) is 0 Å². The molecule has 2 rings (SSSR count). The number of hydrogen-bond donors (Lipinski definition) is 2. The quantitative estimate of drug-likeness (QED) is 0.906. The second kappa shape index (κ2) is 6.32. The fraction of sp³-hybridized carbons (Fsp3) is 0.143. The molecular formula is C14H14ClN3O3. The smallest absolute Gasteiger partial charge is 0.274 e. The molecule has 2 aromatic rings. The molecule has 0 aliphatic rings. The van der Waals surface area contributed by atoms with E-state index in [-0.39, 0.29) is 5.69 Å². The number of halogens is 1. The summed E-state index contributed by atoms with van der Waals surface area (Å²) in [5, 5.41) is 2.99. The maximum absolute atomic E-state index is 12.1. The Morgan fingerprint density at radius 1 is 1.24 bits per heavy atom. The Balaban J connectivity index is 2.26. The maximum atomic E-state index is 12.1. The van der Waals surface area contributed by atoms with Gasteiger partial charge in [-0.3, -0.25) is 4.79 Å². The molecule has 0 radical (unpaired) electrons. The van der Waals surface area contributed by atoms with Gasteiger partial charge in [0.25, 0.3) is 5.91 Å². The van der Waals surface area contributed by atoms with Crippen LogP contribution in [0.5, 0.6) is 11.5 Å². The first-order chi connectivity index (χ1) is 10.0. The summed E-state index contributed by atoms with van der Waals surface area (Å²) in [6, 6.07) is 6.26. The molecular weight excluding hydrogens is 294 g/mol. The van der Waals surface area contributed by atoms with Gasteiger partial charge < -0.3 is 20.5 Å². The van der Waals surface area contributed by atoms with E-state index >= 15 is 0 Å². The largest absolute Gasteiger partial charge is 0.493 e. The van der Waals surface area contributed by atoms with Crippen LogP contribution in [-0.4, -0.2) is 25.1 Å². The number of nitrogens with two attached hydrogens (primary N) is 1. The van der Waals surface area contributed by atoms with Crippen molar-refractivity contribution in [1.29, 1.82) is 0 Å². The summed E-state index contributed by atoms with van der Waals surface area (Å²) in [6.45, 7) is 0. The topological polar surface area (TPSA) is 86.5 Å². The predicted molar refractivity (Wildman–Crippen MR) is 81.2 cm³/mol. The lowest BCUT2D eigenvalue weighted by molar-refractivity contribution is 0.102. The molecule has 21 heavy (non-hydrogen) atoms. The Kier molecular flexibility index (Phi) is 4.49. The summed E-state index contributed by atoms with van der Waals surface area (Å²) in [5.74, 6) is 0.540. The zero-order chi connectivity index (χ0) is 15.4. The summed E-state index contributed by atoms with van der Waals surface area (Å²) in [5.41, 5.74) is 6.64. The van der Waals surface area contributed by atoms with Gasteiger partial charge in [-0.2, -0.15) is 0 Å². The monoisotopic (exact) mass is 307 g/mol. The van der Waals surface area contributed by atoms with E-state index in [1.807, 2.05) is 0 Å². The van der Waals surface area contributed by atoms with Crippen LogP contribution in [0.3, 0.4) is 0 Å². The number of methoxy groups -OCH3 is 2. The van der Waals surface area contributed by atoms with Crippen molar-refractivity contribution in [2.24, 2.45) is 0 Å². The molecule has 0 unspecified atom stereocenters. The normalized spacial score (nSPS) is 10.0. The van der Waals surface area contributed by atoms with Crippen molar-refractivity contribution < 1.29 is 14.3 Å². The van der Waals surface area contributed by atoms with E-state index in [1.165, 1.54) is 26.5 Å². The Bertz CT molecular complexity index is 659. The van der Waals surface area contributed by atoms with Crippen molar-refractivity contribution in [1.82, 2.24) is 4.98 Å². The maximum Gasteiger partial charge on any atom is 0.274 e. The second-order valence-electron chi connectivity index (χ2n) is 4.12. The number of hydrogen-bond acceptors (Lipinski definition) is 5. The number of rotatable bonds is 4. The molecule has 0 spiro atoms. The highest BCUT2D eigenvalue weighted by atomic mass is 35.5. The van der Waals surface area contributed by atoms with Crippen LogP contribution in [0.4, 0.5) is 11.4 Å². The second-order valence-corrected chi connectivity index (χ2v) is 4.53. The third kappa shape index (κ3) is 3.35. The number of anilines is 2. The fourth-order valence-electron chi connectivity index (χ4n) is 1.68. The molecule has 3 N–H and O–H groups in total. The number of amides is 1. The number of nitrogens with zero attached hydrogens (tertiary/aromatic N) is 1. The van der Waals surface area contributed by atoms with Crippen LogP contribution >= 0.6 is 11.6 Å². The van der Waals surface area contributed by atoms with Crippen molar-refractivity contribution in [3.8, 4) is 11.5 Å². The standard InChI is InChI=1S/C14H14ClN3O3/c1-20-12-5-9(15)11(6-13(12)21-2)18-14(19)10-4-3-8(16)7-17-10/h3-7H,16H2,1-2H3,(H,18,19). The molecule has 0 atom stereocenters. The van der Waals surface area contributed by atoms with Gasteiger partial charge in [0.15, 0.2) is 11.5 Å². The molecule has 0 fully saturated rings. The Hall–Kier alpha value is -2.47. The number of aromatic nitrogens is 1. The summed E-state index contributed by atoms with van der Waals surface area (Å²) in [4.78, 5) is 16.0. The molecule has 1 aromatic carbocycles. The summed E-state index contributed by atoms with van der Waals surface area (Å²) in [7, 11) is 3.00. The molecule has 0 bridgehead atoms. The lowest BCUT2D eigenvalue weighted by Gasteiger charge is -2.12. The average Bonchev–Trinajstić information content (AvgIpc) is 2.49. The van der Waals surface area contributed by atoms with E-state index in [9.17, 15) is 4.79 Å². The Morgan fingerprint density at radius 2 is 1.90 bits per heavy atom. The molecule has 110 valence electrons. The predicted octanol–water partition coefficient (Wildman–Crippen LogP) is 2.59. The molecule has 0 saturated heterocycles. The van der Waals surface area contributed by atoms with Gasteiger partial charge in [-0.15, -0.1) is 0 Å². The van der Waals surface area contributed by atoms with E-state index in [1.54, 1.807) is 18.2 Å². The number of ether oxygens (including phenoxy) is 2. The molecule has 0 aliphatic heterocycles. The SMILES string of the molecule is COc1cc(Cl)c(NC(=O)c2ccc(N)cn2)cc1OC. The molecule has 7 heteroatoms. The van der Waals surface area contributed by atoms with Crippen LogP contribution in [0.25, 0.3) is 0 Å². The Morgan fingerprint density at radius 3 is 2.48 bits per heavy atom. The summed E-state index contributed by atoms with van der Waals surface area (Å²) >= 11 is 6.10. The molecule has 1 amide bonds. The fourth-order valence-corrected chi connectivity index (χ4v) is 1.88. The summed E-state index contributed by atoms with van der Waals surface area (Å²) < 4.78 is 10.3. The minimum absolute atomic E-state index is 0.232. The summed E-state index contributed by atoms with van der Waals surface area (Å²) in [6.07, 6.45) is 1.41.